The van der Waals surface area contributed by atoms with Gasteiger partial charge in [0, 0.05) is 22.4 Å². The number of carbonyl (C=O) groups is 1. The highest BCUT2D eigenvalue weighted by Crippen LogP contribution is 2.24. The Kier molecular flexibility index (Phi) is 5.83. The Morgan fingerprint density at radius 1 is 1.21 bits per heavy atom. The fourth-order valence-electron chi connectivity index (χ4n) is 3.19. The molecule has 0 fully saturated rings. The van der Waals surface area contributed by atoms with Crippen LogP contribution in [0.2, 0.25) is 5.02 Å². The molecule has 1 amide bonds. The van der Waals surface area contributed by atoms with Gasteiger partial charge in [-0.2, -0.15) is 9.78 Å². The predicted octanol–water partition coefficient (Wildman–Crippen LogP) is 3.74. The van der Waals surface area contributed by atoms with Crippen LogP contribution in [0.1, 0.15) is 46.7 Å². The first-order valence-electron chi connectivity index (χ1n) is 9.21. The van der Waals surface area contributed by atoms with E-state index in [2.05, 4.69) is 20.4 Å². The summed E-state index contributed by atoms with van der Waals surface area (Å²) < 4.78 is 14.8. The monoisotopic (exact) mass is 417 g/mol. The van der Waals surface area contributed by atoms with Crippen molar-refractivity contribution in [2.75, 3.05) is 5.32 Å². The van der Waals surface area contributed by atoms with Gasteiger partial charge in [-0.3, -0.25) is 14.6 Å². The van der Waals surface area contributed by atoms with Gasteiger partial charge in [-0.05, 0) is 44.9 Å². The van der Waals surface area contributed by atoms with Gasteiger partial charge in [0.2, 0.25) is 5.95 Å². The molecule has 1 aromatic carbocycles. The van der Waals surface area contributed by atoms with Gasteiger partial charge in [-0.1, -0.05) is 25.4 Å². The Hall–Kier alpha value is -3.00. The van der Waals surface area contributed by atoms with Crippen LogP contribution in [0.5, 0.6) is 0 Å². The Morgan fingerprint density at radius 3 is 2.48 bits per heavy atom. The van der Waals surface area contributed by atoms with Crippen LogP contribution in [0, 0.1) is 19.7 Å². The van der Waals surface area contributed by atoms with Gasteiger partial charge in [-0.15, -0.1) is 0 Å². The van der Waals surface area contributed by atoms with Crippen molar-refractivity contribution in [3.63, 3.8) is 0 Å². The third-order valence-electron chi connectivity index (χ3n) is 4.72. The summed E-state index contributed by atoms with van der Waals surface area (Å²) in [6.45, 7) is 7.38. The van der Waals surface area contributed by atoms with Crippen molar-refractivity contribution in [2.45, 2.75) is 40.5 Å². The highest BCUT2D eigenvalue weighted by atomic mass is 35.5. The van der Waals surface area contributed by atoms with Crippen LogP contribution in [0.15, 0.2) is 23.0 Å². The first-order valence-corrected chi connectivity index (χ1v) is 9.59. The van der Waals surface area contributed by atoms with Crippen molar-refractivity contribution < 1.29 is 9.18 Å². The van der Waals surface area contributed by atoms with E-state index in [0.717, 1.165) is 11.6 Å². The van der Waals surface area contributed by atoms with Gasteiger partial charge in [0.15, 0.2) is 0 Å². The molecule has 0 saturated heterocycles. The quantitative estimate of drug-likeness (QED) is 0.661. The lowest BCUT2D eigenvalue weighted by atomic mass is 10.1. The molecular weight excluding hydrogens is 397 g/mol. The van der Waals surface area contributed by atoms with E-state index in [4.69, 9.17) is 11.6 Å². The zero-order chi connectivity index (χ0) is 21.3. The van der Waals surface area contributed by atoms with Gasteiger partial charge >= 0.3 is 0 Å². The minimum Gasteiger partial charge on any atom is -0.306 e. The number of amides is 1. The molecule has 29 heavy (non-hydrogen) atoms. The summed E-state index contributed by atoms with van der Waals surface area (Å²) in [5, 5.41) is 7.11. The van der Waals surface area contributed by atoms with Crippen molar-refractivity contribution in [3.05, 3.63) is 67.5 Å². The normalized spacial score (nSPS) is 11.0. The third-order valence-corrected chi connectivity index (χ3v) is 5.01. The number of nitrogens with zero attached hydrogens (tertiary/aromatic N) is 3. The number of carbonyl (C=O) groups excluding carboxylic acids is 1. The molecule has 0 spiro atoms. The number of aromatic amines is 1. The van der Waals surface area contributed by atoms with E-state index in [1.54, 1.807) is 6.92 Å². The maximum atomic E-state index is 13.4. The fourth-order valence-corrected chi connectivity index (χ4v) is 3.37. The van der Waals surface area contributed by atoms with Gasteiger partial charge < -0.3 is 5.32 Å². The van der Waals surface area contributed by atoms with Gasteiger partial charge in [0.25, 0.3) is 11.5 Å². The molecule has 152 valence electrons. The summed E-state index contributed by atoms with van der Waals surface area (Å²) in [5.41, 5.74) is 2.64. The van der Waals surface area contributed by atoms with Crippen LogP contribution in [0.4, 0.5) is 10.2 Å². The Labute approximate surface area is 171 Å². The standard InChI is InChI=1S/C20H21ClFN5O2/c1-5-13-11(4)26-27(20-23-10(3)14(6-2)19(29)25-20)17(13)24-18(28)12-7-8-16(22)15(21)9-12/h7-9H,5-6H2,1-4H3,(H,24,28)(H,23,25,29). The summed E-state index contributed by atoms with van der Waals surface area (Å²) in [6, 6.07) is 3.73. The second-order valence-electron chi connectivity index (χ2n) is 6.57. The van der Waals surface area contributed by atoms with E-state index < -0.39 is 11.7 Å². The summed E-state index contributed by atoms with van der Waals surface area (Å²) in [7, 11) is 0. The molecule has 0 unspecified atom stereocenters. The van der Waals surface area contributed by atoms with Crippen molar-refractivity contribution in [1.82, 2.24) is 19.7 Å². The molecule has 7 nitrogen and oxygen atoms in total. The zero-order valence-corrected chi connectivity index (χ0v) is 17.3. The second-order valence-corrected chi connectivity index (χ2v) is 6.98. The topological polar surface area (TPSA) is 92.7 Å². The number of benzene rings is 1. The lowest BCUT2D eigenvalue weighted by Crippen LogP contribution is -2.22. The lowest BCUT2D eigenvalue weighted by Gasteiger charge is -2.12. The van der Waals surface area contributed by atoms with Crippen molar-refractivity contribution in [1.29, 1.82) is 0 Å². The predicted molar refractivity (Wildman–Crippen MR) is 110 cm³/mol. The summed E-state index contributed by atoms with van der Waals surface area (Å²) in [4.78, 5) is 32.3. The van der Waals surface area contributed by atoms with Crippen LogP contribution in [0.25, 0.3) is 5.95 Å². The first-order chi connectivity index (χ1) is 13.8. The van der Waals surface area contributed by atoms with Crippen LogP contribution in [-0.4, -0.2) is 25.7 Å². The molecule has 3 aromatic rings. The van der Waals surface area contributed by atoms with Crippen molar-refractivity contribution >= 4 is 23.3 Å². The number of anilines is 1. The van der Waals surface area contributed by atoms with Gasteiger partial charge in [0.05, 0.1) is 10.7 Å². The minimum absolute atomic E-state index is 0.144. The number of halogens is 2. The number of rotatable bonds is 5. The number of aryl methyl sites for hydroxylation is 2. The fraction of sp³-hybridized carbons (Fsp3) is 0.300. The van der Waals surface area contributed by atoms with Gasteiger partial charge in [-0.25, -0.2) is 9.37 Å². The Balaban J connectivity index is 2.08. The molecule has 2 aromatic heterocycles. The number of hydrogen-bond donors (Lipinski definition) is 2. The summed E-state index contributed by atoms with van der Waals surface area (Å²) in [6.07, 6.45) is 1.16. The third kappa shape index (κ3) is 3.93. The smallest absolute Gasteiger partial charge is 0.256 e. The van der Waals surface area contributed by atoms with E-state index in [-0.39, 0.29) is 22.1 Å². The minimum atomic E-state index is -0.605. The SMILES string of the molecule is CCc1c(C)nn(-c2nc(C)c(CC)c(=O)[nH]2)c1NC(=O)c1ccc(F)c(Cl)c1. The van der Waals surface area contributed by atoms with Crippen molar-refractivity contribution in [3.8, 4) is 5.95 Å². The van der Waals surface area contributed by atoms with E-state index in [1.807, 2.05) is 20.8 Å². The van der Waals surface area contributed by atoms with E-state index in [0.29, 0.717) is 35.6 Å². The molecule has 0 radical (unpaired) electrons. The van der Waals surface area contributed by atoms with E-state index >= 15 is 0 Å². The first kappa shape index (κ1) is 20.7. The van der Waals surface area contributed by atoms with E-state index in [1.165, 1.54) is 16.8 Å². The summed E-state index contributed by atoms with van der Waals surface area (Å²) >= 11 is 5.79. The number of H-pyrrole nitrogens is 1. The van der Waals surface area contributed by atoms with E-state index in [9.17, 15) is 14.0 Å². The number of nitrogens with one attached hydrogen (secondary N) is 2. The van der Waals surface area contributed by atoms with Crippen LogP contribution in [-0.2, 0) is 12.8 Å². The number of hydrogen-bond acceptors (Lipinski definition) is 4. The lowest BCUT2D eigenvalue weighted by molar-refractivity contribution is 0.102. The molecule has 0 atom stereocenters. The average molecular weight is 418 g/mol. The van der Waals surface area contributed by atoms with Crippen LogP contribution < -0.4 is 10.9 Å². The molecule has 0 aliphatic heterocycles. The molecular formula is C20H21ClFN5O2. The molecule has 9 heteroatoms. The second kappa shape index (κ2) is 8.16. The largest absolute Gasteiger partial charge is 0.306 e. The average Bonchev–Trinajstić information content (AvgIpc) is 2.98. The van der Waals surface area contributed by atoms with Gasteiger partial charge in [0.1, 0.15) is 11.6 Å². The highest BCUT2D eigenvalue weighted by Gasteiger charge is 2.21. The maximum Gasteiger partial charge on any atom is 0.256 e. The molecule has 0 saturated carbocycles. The molecule has 2 heterocycles. The Bertz CT molecular complexity index is 1150. The highest BCUT2D eigenvalue weighted by molar-refractivity contribution is 6.31. The molecule has 3 rings (SSSR count). The van der Waals surface area contributed by atoms with Crippen LogP contribution >= 0.6 is 11.6 Å². The molecule has 2 N–H and O–H groups in total. The summed E-state index contributed by atoms with van der Waals surface area (Å²) in [5.74, 6) is -0.485. The molecule has 0 aliphatic rings. The molecule has 0 aliphatic carbocycles. The zero-order valence-electron chi connectivity index (χ0n) is 16.6. The van der Waals surface area contributed by atoms with Crippen molar-refractivity contribution in [2.24, 2.45) is 0 Å². The molecule has 0 bridgehead atoms. The Morgan fingerprint density at radius 2 is 1.90 bits per heavy atom. The number of aromatic nitrogens is 4. The maximum absolute atomic E-state index is 13.4. The van der Waals surface area contributed by atoms with Crippen LogP contribution in [0.3, 0.4) is 0 Å².